The van der Waals surface area contributed by atoms with Gasteiger partial charge in [-0.2, -0.15) is 4.31 Å². The molecule has 2 aromatic carbocycles. The lowest BCUT2D eigenvalue weighted by Gasteiger charge is -2.26. The average molecular weight is 443 g/mol. The number of benzene rings is 2. The Morgan fingerprint density at radius 1 is 1.10 bits per heavy atom. The molecule has 0 bridgehead atoms. The molecule has 9 heteroatoms. The van der Waals surface area contributed by atoms with Crippen molar-refractivity contribution >= 4 is 21.8 Å². The second-order valence-electron chi connectivity index (χ2n) is 7.90. The fraction of sp³-hybridized carbons (Fsp3) is 0.364. The maximum Gasteiger partial charge on any atom is 0.251 e. The third-order valence-corrected chi connectivity index (χ3v) is 7.44. The van der Waals surface area contributed by atoms with E-state index in [0.29, 0.717) is 5.56 Å². The SMILES string of the molecule is O=C1CN(S(=O)(=O)c2cccc(C(=O)NC3CCN(Cc4ccccc4)C3)c2)CCN1. The van der Waals surface area contributed by atoms with Gasteiger partial charge in [-0.3, -0.25) is 14.5 Å². The summed E-state index contributed by atoms with van der Waals surface area (Å²) in [5.41, 5.74) is 1.53. The summed E-state index contributed by atoms with van der Waals surface area (Å²) >= 11 is 0. The molecule has 2 heterocycles. The van der Waals surface area contributed by atoms with Gasteiger partial charge in [0.2, 0.25) is 15.9 Å². The van der Waals surface area contributed by atoms with Crippen LogP contribution in [0.15, 0.2) is 59.5 Å². The van der Waals surface area contributed by atoms with E-state index in [0.717, 1.165) is 30.4 Å². The van der Waals surface area contributed by atoms with E-state index in [9.17, 15) is 18.0 Å². The lowest BCUT2D eigenvalue weighted by atomic mass is 10.2. The van der Waals surface area contributed by atoms with Crippen LogP contribution < -0.4 is 10.6 Å². The number of carbonyl (C=O) groups excluding carboxylic acids is 2. The molecule has 31 heavy (non-hydrogen) atoms. The Morgan fingerprint density at radius 3 is 2.68 bits per heavy atom. The van der Waals surface area contributed by atoms with Crippen molar-refractivity contribution < 1.29 is 18.0 Å². The molecule has 0 saturated carbocycles. The van der Waals surface area contributed by atoms with Crippen molar-refractivity contribution in [2.24, 2.45) is 0 Å². The zero-order chi connectivity index (χ0) is 21.8. The van der Waals surface area contributed by atoms with Gasteiger partial charge in [0.1, 0.15) is 0 Å². The first-order valence-corrected chi connectivity index (χ1v) is 11.8. The van der Waals surface area contributed by atoms with Crippen LogP contribution in [-0.4, -0.2) is 68.2 Å². The Hall–Kier alpha value is -2.75. The molecule has 4 rings (SSSR count). The first kappa shape index (κ1) is 21.5. The minimum absolute atomic E-state index is 0.0160. The van der Waals surface area contributed by atoms with Gasteiger partial charge in [0.25, 0.3) is 5.91 Å². The predicted molar refractivity (Wildman–Crippen MR) is 116 cm³/mol. The average Bonchev–Trinajstić information content (AvgIpc) is 3.21. The van der Waals surface area contributed by atoms with Crippen LogP contribution >= 0.6 is 0 Å². The summed E-state index contributed by atoms with van der Waals surface area (Å²) in [6.07, 6.45) is 0.847. The van der Waals surface area contributed by atoms with Crippen LogP contribution in [-0.2, 0) is 21.4 Å². The fourth-order valence-corrected chi connectivity index (χ4v) is 5.42. The van der Waals surface area contributed by atoms with Crippen molar-refractivity contribution in [1.29, 1.82) is 0 Å². The van der Waals surface area contributed by atoms with Crippen LogP contribution in [0.2, 0.25) is 0 Å². The van der Waals surface area contributed by atoms with Crippen molar-refractivity contribution in [3.05, 3.63) is 65.7 Å². The molecule has 1 unspecified atom stereocenters. The number of piperazine rings is 1. The number of rotatable bonds is 6. The molecule has 0 aliphatic carbocycles. The number of amides is 2. The third-order valence-electron chi connectivity index (χ3n) is 5.59. The van der Waals surface area contributed by atoms with Crippen molar-refractivity contribution in [1.82, 2.24) is 19.8 Å². The van der Waals surface area contributed by atoms with Gasteiger partial charge >= 0.3 is 0 Å². The summed E-state index contributed by atoms with van der Waals surface area (Å²) in [5.74, 6) is -0.620. The van der Waals surface area contributed by atoms with Gasteiger partial charge < -0.3 is 10.6 Å². The van der Waals surface area contributed by atoms with E-state index in [4.69, 9.17) is 0 Å². The molecule has 2 aliphatic heterocycles. The molecule has 2 fully saturated rings. The van der Waals surface area contributed by atoms with Crippen molar-refractivity contribution in [3.8, 4) is 0 Å². The van der Waals surface area contributed by atoms with E-state index in [-0.39, 0.29) is 42.4 Å². The Labute approximate surface area is 182 Å². The molecule has 2 amide bonds. The lowest BCUT2D eigenvalue weighted by molar-refractivity contribution is -0.122. The first-order valence-electron chi connectivity index (χ1n) is 10.4. The molecular formula is C22H26N4O4S. The van der Waals surface area contributed by atoms with Gasteiger partial charge in [0.05, 0.1) is 11.4 Å². The summed E-state index contributed by atoms with van der Waals surface area (Å²) in [6.45, 7) is 2.76. The Balaban J connectivity index is 1.39. The van der Waals surface area contributed by atoms with Crippen LogP contribution in [0.4, 0.5) is 0 Å². The topological polar surface area (TPSA) is 98.8 Å². The Bertz CT molecular complexity index is 1060. The van der Waals surface area contributed by atoms with E-state index in [1.165, 1.54) is 17.7 Å². The molecule has 1 atom stereocenters. The molecule has 2 aromatic rings. The number of nitrogens with one attached hydrogen (secondary N) is 2. The second kappa shape index (κ2) is 9.17. The number of carbonyl (C=O) groups is 2. The van der Waals surface area contributed by atoms with Gasteiger partial charge in [-0.05, 0) is 30.2 Å². The maximum atomic E-state index is 12.9. The minimum Gasteiger partial charge on any atom is -0.354 e. The largest absolute Gasteiger partial charge is 0.354 e. The van der Waals surface area contributed by atoms with E-state index in [2.05, 4.69) is 27.7 Å². The van der Waals surface area contributed by atoms with Crippen LogP contribution in [0.25, 0.3) is 0 Å². The second-order valence-corrected chi connectivity index (χ2v) is 9.83. The molecule has 2 aliphatic rings. The van der Waals surface area contributed by atoms with Gasteiger partial charge in [-0.15, -0.1) is 0 Å². The standard InChI is InChI=1S/C22H26N4O4S/c27-21-16-26(12-10-23-21)31(29,30)20-8-4-7-18(13-20)22(28)24-19-9-11-25(15-19)14-17-5-2-1-3-6-17/h1-8,13,19H,9-12,14-16H2,(H,23,27)(H,24,28). The Morgan fingerprint density at radius 2 is 1.90 bits per heavy atom. The highest BCUT2D eigenvalue weighted by Gasteiger charge is 2.30. The minimum atomic E-state index is -3.84. The van der Waals surface area contributed by atoms with E-state index >= 15 is 0 Å². The fourth-order valence-electron chi connectivity index (χ4n) is 3.97. The van der Waals surface area contributed by atoms with Crippen LogP contribution in [0.1, 0.15) is 22.3 Å². The predicted octanol–water partition coefficient (Wildman–Crippen LogP) is 0.811. The highest BCUT2D eigenvalue weighted by Crippen LogP contribution is 2.19. The van der Waals surface area contributed by atoms with Crippen LogP contribution in [0, 0.1) is 0 Å². The van der Waals surface area contributed by atoms with Crippen molar-refractivity contribution in [3.63, 3.8) is 0 Å². The van der Waals surface area contributed by atoms with Crippen molar-refractivity contribution in [2.75, 3.05) is 32.7 Å². The smallest absolute Gasteiger partial charge is 0.251 e. The van der Waals surface area contributed by atoms with E-state index < -0.39 is 10.0 Å². The van der Waals surface area contributed by atoms with E-state index in [1.54, 1.807) is 12.1 Å². The number of likely N-dealkylation sites (tertiary alicyclic amines) is 1. The Kier molecular flexibility index (Phi) is 6.35. The highest BCUT2D eigenvalue weighted by atomic mass is 32.2. The molecule has 0 radical (unpaired) electrons. The highest BCUT2D eigenvalue weighted by molar-refractivity contribution is 7.89. The molecule has 164 valence electrons. The van der Waals surface area contributed by atoms with Crippen LogP contribution in [0.3, 0.4) is 0 Å². The number of sulfonamides is 1. The lowest BCUT2D eigenvalue weighted by Crippen LogP contribution is -2.49. The number of hydrogen-bond donors (Lipinski definition) is 2. The quantitative estimate of drug-likeness (QED) is 0.690. The first-order chi connectivity index (χ1) is 14.9. The molecule has 8 nitrogen and oxygen atoms in total. The van der Waals surface area contributed by atoms with Gasteiger partial charge in [0.15, 0.2) is 0 Å². The van der Waals surface area contributed by atoms with Gasteiger partial charge in [-0.1, -0.05) is 36.4 Å². The van der Waals surface area contributed by atoms with E-state index in [1.807, 2.05) is 18.2 Å². The normalized spacial score (nSPS) is 20.4. The summed E-state index contributed by atoms with van der Waals surface area (Å²) in [7, 11) is -3.84. The zero-order valence-corrected chi connectivity index (χ0v) is 18.0. The van der Waals surface area contributed by atoms with Crippen molar-refractivity contribution in [2.45, 2.75) is 23.9 Å². The molecule has 2 saturated heterocycles. The third kappa shape index (κ3) is 5.12. The summed E-state index contributed by atoms with van der Waals surface area (Å²) in [4.78, 5) is 26.7. The summed E-state index contributed by atoms with van der Waals surface area (Å²) < 4.78 is 26.9. The van der Waals surface area contributed by atoms with Gasteiger partial charge in [0, 0.05) is 44.3 Å². The van der Waals surface area contributed by atoms with Crippen LogP contribution in [0.5, 0.6) is 0 Å². The molecule has 2 N–H and O–H groups in total. The maximum absolute atomic E-state index is 12.9. The number of hydrogen-bond acceptors (Lipinski definition) is 5. The molecule has 0 spiro atoms. The summed E-state index contributed by atoms with van der Waals surface area (Å²) in [6, 6.07) is 16.2. The van der Waals surface area contributed by atoms with Gasteiger partial charge in [-0.25, -0.2) is 8.42 Å². The molecular weight excluding hydrogens is 416 g/mol. The molecule has 0 aromatic heterocycles. The monoisotopic (exact) mass is 442 g/mol. The number of nitrogens with zero attached hydrogens (tertiary/aromatic N) is 2. The summed E-state index contributed by atoms with van der Waals surface area (Å²) in [5, 5.41) is 5.63. The zero-order valence-electron chi connectivity index (χ0n) is 17.2.